The van der Waals surface area contributed by atoms with E-state index in [1.807, 2.05) is 23.1 Å². The first-order valence-corrected chi connectivity index (χ1v) is 11.6. The third kappa shape index (κ3) is 4.54. The molecule has 1 aromatic heterocycles. The summed E-state index contributed by atoms with van der Waals surface area (Å²) < 4.78 is 13.1. The van der Waals surface area contributed by atoms with Crippen LogP contribution in [0.4, 0.5) is 10.1 Å². The number of nitrogens with zero attached hydrogens (tertiary/aromatic N) is 4. The summed E-state index contributed by atoms with van der Waals surface area (Å²) in [5.74, 6) is -0.0346. The first-order chi connectivity index (χ1) is 15.2. The van der Waals surface area contributed by atoms with E-state index in [4.69, 9.17) is 4.98 Å². The lowest BCUT2D eigenvalue weighted by Gasteiger charge is -2.34. The van der Waals surface area contributed by atoms with Gasteiger partial charge in [0.1, 0.15) is 10.8 Å². The lowest BCUT2D eigenvalue weighted by atomic mass is 10.2. The zero-order chi connectivity index (χ0) is 21.2. The molecule has 0 bridgehead atoms. The van der Waals surface area contributed by atoms with Gasteiger partial charge in [0.2, 0.25) is 5.91 Å². The Morgan fingerprint density at radius 3 is 2.52 bits per heavy atom. The molecule has 3 aromatic rings. The first-order valence-electron chi connectivity index (χ1n) is 10.7. The minimum absolute atomic E-state index is 0.196. The largest absolute Gasteiger partial charge is 0.311 e. The number of hydrogen-bond donors (Lipinski definition) is 0. The van der Waals surface area contributed by atoms with Gasteiger partial charge in [0.25, 0.3) is 0 Å². The van der Waals surface area contributed by atoms with Crippen molar-refractivity contribution in [2.75, 3.05) is 44.2 Å². The lowest BCUT2D eigenvalue weighted by molar-refractivity contribution is -0.120. The van der Waals surface area contributed by atoms with E-state index >= 15 is 0 Å². The minimum atomic E-state index is -0.231. The highest BCUT2D eigenvalue weighted by molar-refractivity contribution is 7.13. The van der Waals surface area contributed by atoms with Crippen molar-refractivity contribution in [3.8, 4) is 10.6 Å². The number of halogens is 1. The summed E-state index contributed by atoms with van der Waals surface area (Å²) in [4.78, 5) is 24.1. The molecule has 5 rings (SSSR count). The Morgan fingerprint density at radius 2 is 1.71 bits per heavy atom. The predicted octanol–water partition coefficient (Wildman–Crippen LogP) is 3.66. The fraction of sp³-hybridized carbons (Fsp3) is 0.333. The van der Waals surface area contributed by atoms with Crippen LogP contribution in [0.25, 0.3) is 10.6 Å². The third-order valence-electron chi connectivity index (χ3n) is 6.04. The molecule has 3 heterocycles. The summed E-state index contributed by atoms with van der Waals surface area (Å²) in [6.45, 7) is 5.69. The monoisotopic (exact) mass is 436 g/mol. The van der Waals surface area contributed by atoms with Crippen molar-refractivity contribution < 1.29 is 9.18 Å². The number of thiazole rings is 1. The smallest absolute Gasteiger partial charge is 0.241 e. The van der Waals surface area contributed by atoms with E-state index in [0.29, 0.717) is 6.54 Å². The number of carbonyl (C=O) groups is 1. The maximum absolute atomic E-state index is 13.1. The van der Waals surface area contributed by atoms with Crippen LogP contribution in [0.2, 0.25) is 0 Å². The summed E-state index contributed by atoms with van der Waals surface area (Å²) in [5.41, 5.74) is 4.34. The highest BCUT2D eigenvalue weighted by Gasteiger charge is 2.27. The van der Waals surface area contributed by atoms with Gasteiger partial charge >= 0.3 is 0 Å². The van der Waals surface area contributed by atoms with Crippen LogP contribution in [-0.4, -0.2) is 60.0 Å². The van der Waals surface area contributed by atoms with E-state index in [-0.39, 0.29) is 11.7 Å². The van der Waals surface area contributed by atoms with E-state index in [9.17, 15) is 9.18 Å². The van der Waals surface area contributed by atoms with E-state index in [1.54, 1.807) is 23.5 Å². The van der Waals surface area contributed by atoms with Gasteiger partial charge in [-0.15, -0.1) is 11.3 Å². The van der Waals surface area contributed by atoms with E-state index in [1.165, 1.54) is 17.7 Å². The number of benzene rings is 2. The van der Waals surface area contributed by atoms with Gasteiger partial charge in [0, 0.05) is 55.9 Å². The number of rotatable bonds is 5. The van der Waals surface area contributed by atoms with Crippen LogP contribution in [0.15, 0.2) is 53.9 Å². The second-order valence-electron chi connectivity index (χ2n) is 8.13. The van der Waals surface area contributed by atoms with Crippen LogP contribution in [0.3, 0.4) is 0 Å². The summed E-state index contributed by atoms with van der Waals surface area (Å²) in [6.07, 6.45) is 0.948. The Kier molecular flexibility index (Phi) is 5.80. The van der Waals surface area contributed by atoms with Gasteiger partial charge in [0.15, 0.2) is 0 Å². The molecular formula is C24H25FN4OS. The Balaban J connectivity index is 1.12. The SMILES string of the molecule is O=C(CN1CCN(Cc2csc(-c3ccc(F)cc3)n2)CC1)N1CCc2ccccc21. The van der Waals surface area contributed by atoms with Crippen molar-refractivity contribution in [3.63, 3.8) is 0 Å². The highest BCUT2D eigenvalue weighted by atomic mass is 32.1. The molecule has 1 saturated heterocycles. The van der Waals surface area contributed by atoms with Crippen LogP contribution in [0.1, 0.15) is 11.3 Å². The molecular weight excluding hydrogens is 411 g/mol. The standard InChI is InChI=1S/C24H25FN4OS/c25-20-7-5-19(6-8-20)24-26-21(17-31-24)15-27-11-13-28(14-12-27)16-23(30)29-10-9-18-3-1-2-4-22(18)29/h1-8,17H,9-16H2. The normalized spacial score (nSPS) is 17.1. The van der Waals surface area contributed by atoms with Gasteiger partial charge in [0.05, 0.1) is 12.2 Å². The van der Waals surface area contributed by atoms with E-state index in [0.717, 1.165) is 67.6 Å². The van der Waals surface area contributed by atoms with Crippen molar-refractivity contribution in [2.24, 2.45) is 0 Å². The Morgan fingerprint density at radius 1 is 0.968 bits per heavy atom. The van der Waals surface area contributed by atoms with Crippen LogP contribution in [0.5, 0.6) is 0 Å². The lowest BCUT2D eigenvalue weighted by Crippen LogP contribution is -2.49. The molecule has 31 heavy (non-hydrogen) atoms. The van der Waals surface area contributed by atoms with Gasteiger partial charge < -0.3 is 4.90 Å². The molecule has 160 valence electrons. The van der Waals surface area contributed by atoms with Gasteiger partial charge in [-0.05, 0) is 42.3 Å². The number of para-hydroxylation sites is 1. The maximum Gasteiger partial charge on any atom is 0.241 e. The fourth-order valence-corrected chi connectivity index (χ4v) is 5.13. The van der Waals surface area contributed by atoms with Crippen molar-refractivity contribution in [1.82, 2.24) is 14.8 Å². The van der Waals surface area contributed by atoms with Crippen molar-refractivity contribution >= 4 is 22.9 Å². The molecule has 2 aromatic carbocycles. The van der Waals surface area contributed by atoms with Gasteiger partial charge in [-0.25, -0.2) is 9.37 Å². The minimum Gasteiger partial charge on any atom is -0.311 e. The Hall–Kier alpha value is -2.61. The molecule has 0 unspecified atom stereocenters. The molecule has 0 aliphatic carbocycles. The Bertz CT molecular complexity index is 1060. The second kappa shape index (κ2) is 8.86. The molecule has 2 aliphatic rings. The van der Waals surface area contributed by atoms with Crippen molar-refractivity contribution in [3.05, 3.63) is 71.0 Å². The number of carbonyl (C=O) groups excluding carboxylic acids is 1. The number of piperazine rings is 1. The number of anilines is 1. The molecule has 1 fully saturated rings. The molecule has 0 saturated carbocycles. The molecule has 7 heteroatoms. The average molecular weight is 437 g/mol. The summed E-state index contributed by atoms with van der Waals surface area (Å²) in [5, 5.41) is 3.00. The summed E-state index contributed by atoms with van der Waals surface area (Å²) in [7, 11) is 0. The van der Waals surface area contributed by atoms with Crippen LogP contribution in [0, 0.1) is 5.82 Å². The quantitative estimate of drug-likeness (QED) is 0.612. The average Bonchev–Trinajstić information content (AvgIpc) is 3.43. The number of fused-ring (bicyclic) bond motifs is 1. The molecule has 2 aliphatic heterocycles. The van der Waals surface area contributed by atoms with Crippen LogP contribution in [-0.2, 0) is 17.8 Å². The molecule has 5 nitrogen and oxygen atoms in total. The molecule has 0 spiro atoms. The van der Waals surface area contributed by atoms with E-state index < -0.39 is 0 Å². The van der Waals surface area contributed by atoms with Crippen molar-refractivity contribution in [2.45, 2.75) is 13.0 Å². The number of aromatic nitrogens is 1. The van der Waals surface area contributed by atoms with Crippen LogP contribution >= 0.6 is 11.3 Å². The second-order valence-corrected chi connectivity index (χ2v) is 8.99. The zero-order valence-electron chi connectivity index (χ0n) is 17.3. The fourth-order valence-electron chi connectivity index (χ4n) is 4.31. The third-order valence-corrected chi connectivity index (χ3v) is 6.98. The topological polar surface area (TPSA) is 39.7 Å². The summed E-state index contributed by atoms with van der Waals surface area (Å²) >= 11 is 1.59. The predicted molar refractivity (Wildman–Crippen MR) is 122 cm³/mol. The van der Waals surface area contributed by atoms with Crippen LogP contribution < -0.4 is 4.90 Å². The molecule has 0 atom stereocenters. The molecule has 0 N–H and O–H groups in total. The summed E-state index contributed by atoms with van der Waals surface area (Å²) in [6, 6.07) is 14.7. The highest BCUT2D eigenvalue weighted by Crippen LogP contribution is 2.28. The number of hydrogen-bond acceptors (Lipinski definition) is 5. The zero-order valence-corrected chi connectivity index (χ0v) is 18.2. The Labute approximate surface area is 185 Å². The van der Waals surface area contributed by atoms with Gasteiger partial charge in [-0.2, -0.15) is 0 Å². The van der Waals surface area contributed by atoms with E-state index in [2.05, 4.69) is 21.2 Å². The van der Waals surface area contributed by atoms with Crippen molar-refractivity contribution in [1.29, 1.82) is 0 Å². The van der Waals surface area contributed by atoms with Gasteiger partial charge in [-0.3, -0.25) is 14.6 Å². The van der Waals surface area contributed by atoms with Gasteiger partial charge in [-0.1, -0.05) is 18.2 Å². The number of amides is 1. The molecule has 0 radical (unpaired) electrons. The molecule has 1 amide bonds. The first kappa shape index (κ1) is 20.3. The maximum atomic E-state index is 13.1.